The van der Waals surface area contributed by atoms with E-state index in [1.807, 2.05) is 35.2 Å². The van der Waals surface area contributed by atoms with Gasteiger partial charge in [0.2, 0.25) is 0 Å². The summed E-state index contributed by atoms with van der Waals surface area (Å²) in [6, 6.07) is 11.0. The molecule has 136 valence electrons. The lowest BCUT2D eigenvalue weighted by Gasteiger charge is -2.06. The topological polar surface area (TPSA) is 86.7 Å². The van der Waals surface area contributed by atoms with Gasteiger partial charge in [-0.05, 0) is 30.5 Å². The van der Waals surface area contributed by atoms with E-state index >= 15 is 0 Å². The van der Waals surface area contributed by atoms with Gasteiger partial charge in [0.15, 0.2) is 23.3 Å². The fourth-order valence-corrected chi connectivity index (χ4v) is 3.72. The number of ketones is 1. The first-order valence-electron chi connectivity index (χ1n) is 8.11. The first-order chi connectivity index (χ1) is 13.0. The third-order valence-corrected chi connectivity index (χ3v) is 5.42. The molecule has 0 saturated heterocycles. The molecule has 1 aromatic carbocycles. The molecule has 0 fully saturated rings. The molecule has 7 nitrogen and oxygen atoms in total. The second kappa shape index (κ2) is 7.09. The highest BCUT2D eigenvalue weighted by molar-refractivity contribution is 7.80. The Morgan fingerprint density at radius 2 is 2.11 bits per heavy atom. The molecule has 0 spiro atoms. The van der Waals surface area contributed by atoms with Crippen LogP contribution in [0.4, 0.5) is 0 Å². The van der Waals surface area contributed by atoms with Gasteiger partial charge in [0, 0.05) is 18.2 Å². The number of Topliss-reactive ketones (excluding diaryl/α,β-unsaturated/α-hetero) is 1. The van der Waals surface area contributed by atoms with E-state index in [-0.39, 0.29) is 5.78 Å². The van der Waals surface area contributed by atoms with Gasteiger partial charge >= 0.3 is 0 Å². The van der Waals surface area contributed by atoms with Crippen molar-refractivity contribution in [3.05, 3.63) is 59.0 Å². The molecule has 0 saturated carbocycles. The number of nitrogens with zero attached hydrogens (tertiary/aromatic N) is 5. The van der Waals surface area contributed by atoms with Gasteiger partial charge in [-0.25, -0.2) is 0 Å². The fraction of sp³-hybridized carbons (Fsp3) is 0.167. The second-order valence-electron chi connectivity index (χ2n) is 5.92. The number of carbonyl (C=O) groups is 1. The lowest BCUT2D eigenvalue weighted by atomic mass is 10.1. The van der Waals surface area contributed by atoms with E-state index in [0.717, 1.165) is 10.7 Å². The van der Waals surface area contributed by atoms with Gasteiger partial charge in [0.05, 0.1) is 4.88 Å². The maximum atomic E-state index is 11.6. The molecule has 1 atom stereocenters. The minimum atomic E-state index is -0.496. The van der Waals surface area contributed by atoms with Crippen molar-refractivity contribution in [2.75, 3.05) is 0 Å². The first kappa shape index (κ1) is 17.6. The van der Waals surface area contributed by atoms with Gasteiger partial charge in [0.25, 0.3) is 5.89 Å². The highest BCUT2D eigenvalue weighted by Crippen LogP contribution is 2.30. The Morgan fingerprint density at radius 1 is 1.26 bits per heavy atom. The zero-order chi connectivity index (χ0) is 19.0. The van der Waals surface area contributed by atoms with Gasteiger partial charge in [-0.15, -0.1) is 21.5 Å². The second-order valence-corrected chi connectivity index (χ2v) is 7.38. The maximum absolute atomic E-state index is 11.6. The van der Waals surface area contributed by atoms with Gasteiger partial charge in [0.1, 0.15) is 5.25 Å². The standard InChI is InChI=1S/C18H15N5O2S2/c1-10(24)11-5-3-6-12(9-11)18-19-15(22-25-18)14(26)17-21-20-16(23(17)2)13-7-4-8-27-13/h3-9,14,26H,1-2H3. The van der Waals surface area contributed by atoms with Crippen LogP contribution in [0.15, 0.2) is 46.3 Å². The van der Waals surface area contributed by atoms with Crippen LogP contribution in [0.2, 0.25) is 0 Å². The van der Waals surface area contributed by atoms with Crippen LogP contribution in [0.5, 0.6) is 0 Å². The predicted octanol–water partition coefficient (Wildman–Crippen LogP) is 3.82. The normalized spacial score (nSPS) is 12.3. The summed E-state index contributed by atoms with van der Waals surface area (Å²) >= 11 is 6.20. The number of hydrogen-bond acceptors (Lipinski definition) is 8. The Balaban J connectivity index is 1.64. The molecule has 4 rings (SSSR count). The van der Waals surface area contributed by atoms with Crippen molar-refractivity contribution in [2.24, 2.45) is 7.05 Å². The van der Waals surface area contributed by atoms with Gasteiger partial charge in [-0.3, -0.25) is 4.79 Å². The van der Waals surface area contributed by atoms with E-state index in [1.165, 1.54) is 6.92 Å². The van der Waals surface area contributed by atoms with Crippen LogP contribution in [0.1, 0.15) is 34.2 Å². The molecule has 0 radical (unpaired) electrons. The Kier molecular flexibility index (Phi) is 4.63. The summed E-state index contributed by atoms with van der Waals surface area (Å²) < 4.78 is 7.24. The molecule has 0 amide bonds. The molecule has 9 heteroatoms. The largest absolute Gasteiger partial charge is 0.334 e. The average Bonchev–Trinajstić information content (AvgIpc) is 3.42. The van der Waals surface area contributed by atoms with Crippen LogP contribution in [0, 0.1) is 0 Å². The van der Waals surface area contributed by atoms with Crippen LogP contribution in [-0.4, -0.2) is 30.7 Å². The number of hydrogen-bond donors (Lipinski definition) is 1. The molecule has 0 bridgehead atoms. The summed E-state index contributed by atoms with van der Waals surface area (Å²) in [5.74, 6) is 2.06. The summed E-state index contributed by atoms with van der Waals surface area (Å²) in [4.78, 5) is 17.0. The molecule has 1 unspecified atom stereocenters. The highest BCUT2D eigenvalue weighted by atomic mass is 32.1. The molecule has 3 heterocycles. The van der Waals surface area contributed by atoms with Crippen molar-refractivity contribution in [1.29, 1.82) is 0 Å². The summed E-state index contributed by atoms with van der Waals surface area (Å²) in [5, 5.41) is 14.0. The van der Waals surface area contributed by atoms with E-state index < -0.39 is 5.25 Å². The van der Waals surface area contributed by atoms with Gasteiger partial charge < -0.3 is 9.09 Å². The molecule has 3 aromatic heterocycles. The Hall–Kier alpha value is -2.78. The number of benzene rings is 1. The zero-order valence-electron chi connectivity index (χ0n) is 14.5. The SMILES string of the molecule is CC(=O)c1cccc(-c2nc(C(S)c3nnc(-c4cccs4)n3C)no2)c1. The van der Waals surface area contributed by atoms with E-state index in [0.29, 0.717) is 28.7 Å². The van der Waals surface area contributed by atoms with Crippen LogP contribution in [0.25, 0.3) is 22.2 Å². The molecule has 0 aliphatic heterocycles. The van der Waals surface area contributed by atoms with Crippen molar-refractivity contribution in [3.63, 3.8) is 0 Å². The number of rotatable bonds is 5. The van der Waals surface area contributed by atoms with Gasteiger partial charge in [-0.2, -0.15) is 17.6 Å². The Labute approximate surface area is 164 Å². The quantitative estimate of drug-likeness (QED) is 0.407. The molecular formula is C18H15N5O2S2. The van der Waals surface area contributed by atoms with Crippen molar-refractivity contribution in [2.45, 2.75) is 12.2 Å². The molecule has 0 aliphatic carbocycles. The van der Waals surface area contributed by atoms with Crippen LogP contribution < -0.4 is 0 Å². The van der Waals surface area contributed by atoms with Crippen molar-refractivity contribution >= 4 is 29.7 Å². The summed E-state index contributed by atoms with van der Waals surface area (Å²) in [6.07, 6.45) is 0. The van der Waals surface area contributed by atoms with Crippen LogP contribution >= 0.6 is 24.0 Å². The third kappa shape index (κ3) is 3.31. The van der Waals surface area contributed by atoms with Crippen molar-refractivity contribution < 1.29 is 9.32 Å². The van der Waals surface area contributed by atoms with E-state index in [1.54, 1.807) is 29.5 Å². The average molecular weight is 397 g/mol. The summed E-state index contributed by atoms with van der Waals surface area (Å²) in [7, 11) is 1.88. The maximum Gasteiger partial charge on any atom is 0.257 e. The number of aromatic nitrogens is 5. The molecule has 0 aliphatic rings. The Bertz CT molecular complexity index is 1100. The number of thiophene rings is 1. The lowest BCUT2D eigenvalue weighted by Crippen LogP contribution is -2.05. The fourth-order valence-electron chi connectivity index (χ4n) is 2.65. The van der Waals surface area contributed by atoms with Crippen LogP contribution in [0.3, 0.4) is 0 Å². The smallest absolute Gasteiger partial charge is 0.257 e. The highest BCUT2D eigenvalue weighted by Gasteiger charge is 2.24. The van der Waals surface area contributed by atoms with E-state index in [9.17, 15) is 4.79 Å². The molecule has 0 N–H and O–H groups in total. The summed E-state index contributed by atoms with van der Waals surface area (Å²) in [5.41, 5.74) is 1.27. The molecular weight excluding hydrogens is 382 g/mol. The van der Waals surface area contributed by atoms with Crippen molar-refractivity contribution in [1.82, 2.24) is 24.9 Å². The molecule has 27 heavy (non-hydrogen) atoms. The zero-order valence-corrected chi connectivity index (χ0v) is 16.2. The number of thiol groups is 1. The van der Waals surface area contributed by atoms with E-state index in [4.69, 9.17) is 4.52 Å². The van der Waals surface area contributed by atoms with Crippen LogP contribution in [-0.2, 0) is 7.05 Å². The van der Waals surface area contributed by atoms with Gasteiger partial charge in [-0.1, -0.05) is 23.4 Å². The summed E-state index contributed by atoms with van der Waals surface area (Å²) in [6.45, 7) is 1.52. The minimum absolute atomic E-state index is 0.0242. The minimum Gasteiger partial charge on any atom is -0.334 e. The Morgan fingerprint density at radius 3 is 2.85 bits per heavy atom. The lowest BCUT2D eigenvalue weighted by molar-refractivity contribution is 0.101. The number of carbonyl (C=O) groups excluding carboxylic acids is 1. The predicted molar refractivity (Wildman–Crippen MR) is 105 cm³/mol. The first-order valence-corrected chi connectivity index (χ1v) is 9.50. The third-order valence-electron chi connectivity index (χ3n) is 4.10. The monoisotopic (exact) mass is 397 g/mol. The van der Waals surface area contributed by atoms with E-state index in [2.05, 4.69) is 33.0 Å². The molecule has 4 aromatic rings. The van der Waals surface area contributed by atoms with Crippen molar-refractivity contribution in [3.8, 4) is 22.2 Å².